The molecule has 30 heavy (non-hydrogen) atoms. The van der Waals surface area contributed by atoms with Gasteiger partial charge in [0.05, 0.1) is 11.0 Å². The number of esters is 1. The van der Waals surface area contributed by atoms with Crippen molar-refractivity contribution in [1.29, 1.82) is 0 Å². The fraction of sp³-hybridized carbons (Fsp3) is 0.500. The summed E-state index contributed by atoms with van der Waals surface area (Å²) >= 11 is 0. The lowest BCUT2D eigenvalue weighted by molar-refractivity contribution is -0.384. The maximum atomic E-state index is 12.1. The molecule has 3 N–H and O–H groups in total. The van der Waals surface area contributed by atoms with Crippen molar-refractivity contribution in [2.24, 2.45) is 0 Å². The van der Waals surface area contributed by atoms with Gasteiger partial charge in [0.15, 0.2) is 6.61 Å². The van der Waals surface area contributed by atoms with Gasteiger partial charge in [0.25, 0.3) is 11.6 Å². The van der Waals surface area contributed by atoms with Gasteiger partial charge in [0.1, 0.15) is 18.2 Å². The second-order valence-corrected chi connectivity index (χ2v) is 7.20. The highest BCUT2D eigenvalue weighted by Crippen LogP contribution is 2.12. The lowest BCUT2D eigenvalue weighted by Crippen LogP contribution is -2.53. The highest BCUT2D eigenvalue weighted by molar-refractivity contribution is 5.85. The molecular weight excluding hydrogens is 402 g/mol. The van der Waals surface area contributed by atoms with Crippen molar-refractivity contribution in [3.05, 3.63) is 39.9 Å². The summed E-state index contributed by atoms with van der Waals surface area (Å²) in [7, 11) is 0. The standard InChI is InChI=1S/C18H25N3O9/c1-11(22)15(19-17(25)30-18(2,3)4)16(24)20-29-10-14(23)28-9-12-5-7-13(8-6-12)21(26)27/h5-8,11,15,22H,9-10H2,1-4H3,(H,19,25)(H,20,24)/t11-,15+/m1/s1. The van der Waals surface area contributed by atoms with E-state index in [9.17, 15) is 29.6 Å². The summed E-state index contributed by atoms with van der Waals surface area (Å²) < 4.78 is 9.93. The number of hydrogen-bond donors (Lipinski definition) is 3. The van der Waals surface area contributed by atoms with E-state index in [-0.39, 0.29) is 12.3 Å². The highest BCUT2D eigenvalue weighted by Gasteiger charge is 2.28. The quantitative estimate of drug-likeness (QED) is 0.295. The van der Waals surface area contributed by atoms with Gasteiger partial charge in [-0.25, -0.2) is 15.1 Å². The fourth-order valence-electron chi connectivity index (χ4n) is 1.99. The number of nitro benzene ring substituents is 1. The number of benzene rings is 1. The molecule has 0 saturated heterocycles. The Hall–Kier alpha value is -3.25. The van der Waals surface area contributed by atoms with Gasteiger partial charge >= 0.3 is 12.1 Å². The molecule has 0 radical (unpaired) electrons. The second kappa shape index (κ2) is 11.1. The lowest BCUT2D eigenvalue weighted by Gasteiger charge is -2.24. The molecule has 0 unspecified atom stereocenters. The highest BCUT2D eigenvalue weighted by atomic mass is 16.7. The third kappa shape index (κ3) is 9.30. The molecule has 1 aromatic rings. The molecule has 1 aromatic carbocycles. The Morgan fingerprint density at radius 1 is 1.20 bits per heavy atom. The summed E-state index contributed by atoms with van der Waals surface area (Å²) in [6, 6.07) is 4.03. The fourth-order valence-corrected chi connectivity index (χ4v) is 1.99. The number of non-ortho nitro benzene ring substituents is 1. The third-order valence-corrected chi connectivity index (χ3v) is 3.35. The predicted molar refractivity (Wildman–Crippen MR) is 102 cm³/mol. The van der Waals surface area contributed by atoms with Crippen LogP contribution < -0.4 is 10.8 Å². The van der Waals surface area contributed by atoms with E-state index < -0.39 is 47.2 Å². The van der Waals surface area contributed by atoms with E-state index in [1.54, 1.807) is 20.8 Å². The van der Waals surface area contributed by atoms with Crippen LogP contribution in [0.3, 0.4) is 0 Å². The van der Waals surface area contributed by atoms with Crippen LogP contribution in [0.25, 0.3) is 0 Å². The number of alkyl carbamates (subject to hydrolysis) is 1. The van der Waals surface area contributed by atoms with Crippen LogP contribution >= 0.6 is 0 Å². The maximum Gasteiger partial charge on any atom is 0.408 e. The van der Waals surface area contributed by atoms with Crippen LogP contribution in [0.1, 0.15) is 33.3 Å². The van der Waals surface area contributed by atoms with Crippen molar-refractivity contribution in [3.63, 3.8) is 0 Å². The van der Waals surface area contributed by atoms with Crippen LogP contribution in [0.5, 0.6) is 0 Å². The number of carbonyl (C=O) groups is 3. The van der Waals surface area contributed by atoms with E-state index in [0.717, 1.165) is 0 Å². The zero-order valence-electron chi connectivity index (χ0n) is 17.0. The van der Waals surface area contributed by atoms with Crippen molar-refractivity contribution in [1.82, 2.24) is 10.8 Å². The van der Waals surface area contributed by atoms with E-state index >= 15 is 0 Å². The second-order valence-electron chi connectivity index (χ2n) is 7.20. The van der Waals surface area contributed by atoms with Gasteiger partial charge in [0.2, 0.25) is 0 Å². The molecular formula is C18H25N3O9. The first-order chi connectivity index (χ1) is 13.9. The first-order valence-electron chi connectivity index (χ1n) is 8.87. The number of aliphatic hydroxyl groups is 1. The smallest absolute Gasteiger partial charge is 0.408 e. The minimum absolute atomic E-state index is 0.0937. The molecule has 166 valence electrons. The first kappa shape index (κ1) is 24.8. The zero-order chi connectivity index (χ0) is 22.9. The Morgan fingerprint density at radius 2 is 1.80 bits per heavy atom. The van der Waals surface area contributed by atoms with Crippen molar-refractivity contribution in [3.8, 4) is 0 Å². The lowest BCUT2D eigenvalue weighted by atomic mass is 10.2. The van der Waals surface area contributed by atoms with Gasteiger partial charge in [0, 0.05) is 12.1 Å². The number of hydroxylamine groups is 1. The average Bonchev–Trinajstić information content (AvgIpc) is 2.63. The molecule has 2 amide bonds. The maximum absolute atomic E-state index is 12.1. The molecule has 0 aliphatic heterocycles. The largest absolute Gasteiger partial charge is 0.459 e. The minimum Gasteiger partial charge on any atom is -0.459 e. The normalized spacial score (nSPS) is 13.0. The molecule has 0 saturated carbocycles. The van der Waals surface area contributed by atoms with Gasteiger partial charge in [-0.1, -0.05) is 0 Å². The minimum atomic E-state index is -1.38. The monoisotopic (exact) mass is 427 g/mol. The first-order valence-corrected chi connectivity index (χ1v) is 8.87. The van der Waals surface area contributed by atoms with Crippen molar-refractivity contribution < 1.29 is 38.7 Å². The number of nitrogens with one attached hydrogen (secondary N) is 2. The predicted octanol–water partition coefficient (Wildman–Crippen LogP) is 0.960. The summed E-state index contributed by atoms with van der Waals surface area (Å²) in [4.78, 5) is 50.3. The van der Waals surface area contributed by atoms with Gasteiger partial charge in [-0.2, -0.15) is 0 Å². The van der Waals surface area contributed by atoms with E-state index in [1.807, 2.05) is 5.48 Å². The van der Waals surface area contributed by atoms with Crippen LogP contribution in [-0.4, -0.2) is 52.4 Å². The van der Waals surface area contributed by atoms with Gasteiger partial charge < -0.3 is 19.9 Å². The van der Waals surface area contributed by atoms with Crippen molar-refractivity contribution in [2.75, 3.05) is 6.61 Å². The molecule has 0 fully saturated rings. The Bertz CT molecular complexity index is 757. The van der Waals surface area contributed by atoms with E-state index in [2.05, 4.69) is 5.32 Å². The molecule has 12 nitrogen and oxygen atoms in total. The summed E-state index contributed by atoms with van der Waals surface area (Å²) in [6.45, 7) is 5.39. The summed E-state index contributed by atoms with van der Waals surface area (Å²) in [5.74, 6) is -1.72. The summed E-state index contributed by atoms with van der Waals surface area (Å²) in [5, 5.41) is 22.5. The van der Waals surface area contributed by atoms with Gasteiger partial charge in [-0.05, 0) is 45.4 Å². The molecule has 0 spiro atoms. The van der Waals surface area contributed by atoms with Crippen molar-refractivity contribution in [2.45, 2.75) is 52.0 Å². The van der Waals surface area contributed by atoms with Crippen LogP contribution in [0.4, 0.5) is 10.5 Å². The number of nitrogens with zero attached hydrogens (tertiary/aromatic N) is 1. The Labute approximate surface area is 172 Å². The molecule has 0 heterocycles. The average molecular weight is 427 g/mol. The molecule has 0 bridgehead atoms. The third-order valence-electron chi connectivity index (χ3n) is 3.35. The number of nitro groups is 1. The number of aliphatic hydroxyl groups excluding tert-OH is 1. The molecule has 0 aliphatic rings. The summed E-state index contributed by atoms with van der Waals surface area (Å²) in [5.41, 5.74) is 1.57. The molecule has 1 rings (SSSR count). The molecule has 12 heteroatoms. The van der Waals surface area contributed by atoms with Gasteiger partial charge in [-0.15, -0.1) is 0 Å². The molecule has 0 aromatic heterocycles. The number of carbonyl (C=O) groups excluding carboxylic acids is 3. The summed E-state index contributed by atoms with van der Waals surface area (Å²) in [6.07, 6.45) is -2.18. The SMILES string of the molecule is C[C@@H](O)[C@H](NC(=O)OC(C)(C)C)C(=O)NOCC(=O)OCc1ccc([N+](=O)[O-])cc1. The number of hydrogen-bond acceptors (Lipinski definition) is 9. The zero-order valence-corrected chi connectivity index (χ0v) is 17.0. The van der Waals surface area contributed by atoms with E-state index in [1.165, 1.54) is 31.2 Å². The van der Waals surface area contributed by atoms with Crippen molar-refractivity contribution >= 4 is 23.7 Å². The Balaban J connectivity index is 2.42. The molecule has 0 aliphatic carbocycles. The topological polar surface area (TPSA) is 166 Å². The van der Waals surface area contributed by atoms with Crippen LogP contribution in [0, 0.1) is 10.1 Å². The van der Waals surface area contributed by atoms with E-state index in [0.29, 0.717) is 5.56 Å². The van der Waals surface area contributed by atoms with Crippen LogP contribution in [0.15, 0.2) is 24.3 Å². The van der Waals surface area contributed by atoms with Crippen LogP contribution in [-0.2, 0) is 30.5 Å². The Morgan fingerprint density at radius 3 is 2.30 bits per heavy atom. The number of amides is 2. The van der Waals surface area contributed by atoms with Crippen LogP contribution in [0.2, 0.25) is 0 Å². The molecule has 2 atom stereocenters. The Kier molecular flexibility index (Phi) is 9.15. The van der Waals surface area contributed by atoms with Gasteiger partial charge in [-0.3, -0.25) is 19.7 Å². The van der Waals surface area contributed by atoms with E-state index in [4.69, 9.17) is 14.3 Å². The number of ether oxygens (including phenoxy) is 2. The number of rotatable bonds is 9.